The number of carbonyl (C=O) groups excluding carboxylic acids is 1. The van der Waals surface area contributed by atoms with E-state index in [9.17, 15) is 9.18 Å². The van der Waals surface area contributed by atoms with Gasteiger partial charge in [0, 0.05) is 19.3 Å². The summed E-state index contributed by atoms with van der Waals surface area (Å²) in [6.45, 7) is 3.03. The first-order valence-electron chi connectivity index (χ1n) is 7.89. The third-order valence-electron chi connectivity index (χ3n) is 4.03. The van der Waals surface area contributed by atoms with Gasteiger partial charge in [0.2, 0.25) is 0 Å². The van der Waals surface area contributed by atoms with Crippen LogP contribution in [-0.2, 0) is 0 Å². The monoisotopic (exact) mass is 293 g/mol. The van der Waals surface area contributed by atoms with Gasteiger partial charge in [-0.25, -0.2) is 9.37 Å². The fraction of sp³-hybridized carbons (Fsp3) is 0.625. The van der Waals surface area contributed by atoms with Crippen LogP contribution in [0.15, 0.2) is 12.3 Å². The highest BCUT2D eigenvalue weighted by atomic mass is 19.1. The van der Waals surface area contributed by atoms with Gasteiger partial charge in [0.15, 0.2) is 11.6 Å². The van der Waals surface area contributed by atoms with Crippen molar-refractivity contribution in [2.24, 2.45) is 5.92 Å². The molecule has 0 aliphatic heterocycles. The van der Waals surface area contributed by atoms with Gasteiger partial charge >= 0.3 is 0 Å². The van der Waals surface area contributed by atoms with E-state index in [0.29, 0.717) is 13.1 Å². The zero-order valence-corrected chi connectivity index (χ0v) is 12.6. The molecule has 1 aliphatic rings. The normalized spacial score (nSPS) is 15.1. The van der Waals surface area contributed by atoms with Crippen molar-refractivity contribution in [3.05, 3.63) is 23.6 Å². The van der Waals surface area contributed by atoms with Crippen molar-refractivity contribution >= 4 is 11.7 Å². The maximum absolute atomic E-state index is 14.1. The summed E-state index contributed by atoms with van der Waals surface area (Å²) in [4.78, 5) is 15.9. The summed E-state index contributed by atoms with van der Waals surface area (Å²) in [6, 6.07) is 1.42. The minimum Gasteiger partial charge on any atom is -0.368 e. The number of aromatic nitrogens is 1. The van der Waals surface area contributed by atoms with E-state index in [1.54, 1.807) is 0 Å². The second kappa shape index (κ2) is 7.96. The van der Waals surface area contributed by atoms with Crippen molar-refractivity contribution in [2.75, 3.05) is 18.4 Å². The Balaban J connectivity index is 1.81. The van der Waals surface area contributed by atoms with E-state index in [2.05, 4.69) is 15.6 Å². The molecule has 2 rings (SSSR count). The largest absolute Gasteiger partial charge is 0.368 e. The van der Waals surface area contributed by atoms with Gasteiger partial charge in [-0.2, -0.15) is 0 Å². The van der Waals surface area contributed by atoms with Gasteiger partial charge in [-0.3, -0.25) is 4.79 Å². The molecule has 1 saturated carbocycles. The first-order chi connectivity index (χ1) is 10.2. The molecule has 1 heterocycles. The van der Waals surface area contributed by atoms with Gasteiger partial charge in [-0.15, -0.1) is 0 Å². The van der Waals surface area contributed by atoms with E-state index >= 15 is 0 Å². The average molecular weight is 293 g/mol. The quantitative estimate of drug-likeness (QED) is 0.758. The Morgan fingerprint density at radius 1 is 1.43 bits per heavy atom. The van der Waals surface area contributed by atoms with E-state index < -0.39 is 5.82 Å². The Hall–Kier alpha value is -1.65. The smallest absolute Gasteiger partial charge is 0.254 e. The van der Waals surface area contributed by atoms with E-state index in [4.69, 9.17) is 0 Å². The average Bonchev–Trinajstić information content (AvgIpc) is 2.99. The van der Waals surface area contributed by atoms with Crippen molar-refractivity contribution < 1.29 is 9.18 Å². The first kappa shape index (κ1) is 15.7. The summed E-state index contributed by atoms with van der Waals surface area (Å²) in [5.41, 5.74) is 0.0572. The number of rotatable bonds is 7. The number of pyridine rings is 1. The second-order valence-electron chi connectivity index (χ2n) is 5.60. The molecule has 0 atom stereocenters. The molecule has 1 amide bonds. The number of nitrogens with one attached hydrogen (secondary N) is 2. The van der Waals surface area contributed by atoms with Gasteiger partial charge in [0.05, 0.1) is 5.56 Å². The predicted molar refractivity (Wildman–Crippen MR) is 81.9 cm³/mol. The van der Waals surface area contributed by atoms with Crippen LogP contribution in [0, 0.1) is 11.7 Å². The van der Waals surface area contributed by atoms with E-state index in [1.807, 2.05) is 6.92 Å². The molecular formula is C16H24FN3O. The standard InChI is InChI=1S/C16H24FN3O/c1-2-18-15-14(17)13(9-11-19-15)16(21)20-10-5-8-12-6-3-4-7-12/h9,11-12H,2-8,10H2,1H3,(H,18,19)(H,20,21). The van der Waals surface area contributed by atoms with Gasteiger partial charge in [0.25, 0.3) is 5.91 Å². The summed E-state index contributed by atoms with van der Waals surface area (Å²) < 4.78 is 14.1. The molecule has 1 fully saturated rings. The zero-order valence-electron chi connectivity index (χ0n) is 12.6. The van der Waals surface area contributed by atoms with Crippen LogP contribution in [-0.4, -0.2) is 24.0 Å². The van der Waals surface area contributed by atoms with Crippen LogP contribution in [0.5, 0.6) is 0 Å². The Morgan fingerprint density at radius 2 is 2.19 bits per heavy atom. The lowest BCUT2D eigenvalue weighted by Crippen LogP contribution is -2.26. The molecule has 116 valence electrons. The van der Waals surface area contributed by atoms with Crippen molar-refractivity contribution in [3.63, 3.8) is 0 Å². The summed E-state index contributed by atoms with van der Waals surface area (Å²) in [7, 11) is 0. The molecule has 0 saturated heterocycles. The van der Waals surface area contributed by atoms with Crippen LogP contribution < -0.4 is 10.6 Å². The predicted octanol–water partition coefficient (Wildman–Crippen LogP) is 3.35. The van der Waals surface area contributed by atoms with Crippen LogP contribution >= 0.6 is 0 Å². The maximum Gasteiger partial charge on any atom is 0.254 e. The van der Waals surface area contributed by atoms with Crippen molar-refractivity contribution in [1.29, 1.82) is 0 Å². The van der Waals surface area contributed by atoms with Crippen LogP contribution in [0.25, 0.3) is 0 Å². The topological polar surface area (TPSA) is 54.0 Å². The Bertz CT molecular complexity index is 473. The Labute approximate surface area is 125 Å². The molecular weight excluding hydrogens is 269 g/mol. The molecule has 0 aromatic carbocycles. The maximum atomic E-state index is 14.1. The number of carbonyl (C=O) groups is 1. The molecule has 0 unspecified atom stereocenters. The van der Waals surface area contributed by atoms with E-state index in [1.165, 1.54) is 37.9 Å². The van der Waals surface area contributed by atoms with Crippen LogP contribution in [0.1, 0.15) is 55.8 Å². The van der Waals surface area contributed by atoms with Crippen molar-refractivity contribution in [2.45, 2.75) is 45.4 Å². The molecule has 4 nitrogen and oxygen atoms in total. The summed E-state index contributed by atoms with van der Waals surface area (Å²) in [6.07, 6.45) is 8.89. The molecule has 21 heavy (non-hydrogen) atoms. The summed E-state index contributed by atoms with van der Waals surface area (Å²) in [5.74, 6) is 0.0177. The first-order valence-corrected chi connectivity index (χ1v) is 7.89. The van der Waals surface area contributed by atoms with Gasteiger partial charge in [-0.1, -0.05) is 25.7 Å². The Kier molecular flexibility index (Phi) is 5.96. The Morgan fingerprint density at radius 3 is 2.90 bits per heavy atom. The fourth-order valence-electron chi connectivity index (χ4n) is 2.90. The van der Waals surface area contributed by atoms with Gasteiger partial charge < -0.3 is 10.6 Å². The highest BCUT2D eigenvalue weighted by Gasteiger charge is 2.16. The van der Waals surface area contributed by atoms with E-state index in [0.717, 1.165) is 18.8 Å². The van der Waals surface area contributed by atoms with Crippen molar-refractivity contribution in [1.82, 2.24) is 10.3 Å². The highest BCUT2D eigenvalue weighted by Crippen LogP contribution is 2.28. The van der Waals surface area contributed by atoms with Crippen LogP contribution in [0.2, 0.25) is 0 Å². The molecule has 0 bridgehead atoms. The number of hydrogen-bond acceptors (Lipinski definition) is 3. The number of halogens is 1. The number of hydrogen-bond donors (Lipinski definition) is 2. The highest BCUT2D eigenvalue weighted by molar-refractivity contribution is 5.95. The molecule has 1 aromatic heterocycles. The SMILES string of the molecule is CCNc1nccc(C(=O)NCCCC2CCCC2)c1F. The van der Waals surface area contributed by atoms with Gasteiger partial charge in [0.1, 0.15) is 0 Å². The molecule has 1 aromatic rings. The second-order valence-corrected chi connectivity index (χ2v) is 5.60. The van der Waals surface area contributed by atoms with Crippen LogP contribution in [0.3, 0.4) is 0 Å². The lowest BCUT2D eigenvalue weighted by Gasteiger charge is -2.11. The van der Waals surface area contributed by atoms with Crippen LogP contribution in [0.4, 0.5) is 10.2 Å². The number of amides is 1. The zero-order chi connectivity index (χ0) is 15.1. The third kappa shape index (κ3) is 4.41. The lowest BCUT2D eigenvalue weighted by atomic mass is 10.0. The van der Waals surface area contributed by atoms with E-state index in [-0.39, 0.29) is 17.3 Å². The number of nitrogens with zero attached hydrogens (tertiary/aromatic N) is 1. The number of anilines is 1. The van der Waals surface area contributed by atoms with Gasteiger partial charge in [-0.05, 0) is 31.7 Å². The fourth-order valence-corrected chi connectivity index (χ4v) is 2.90. The third-order valence-corrected chi connectivity index (χ3v) is 4.03. The van der Waals surface area contributed by atoms with Crippen molar-refractivity contribution in [3.8, 4) is 0 Å². The lowest BCUT2D eigenvalue weighted by molar-refractivity contribution is 0.0948. The molecule has 0 spiro atoms. The molecule has 0 radical (unpaired) electrons. The molecule has 5 heteroatoms. The minimum atomic E-state index is -0.576. The molecule has 1 aliphatic carbocycles. The summed E-state index contributed by atoms with van der Waals surface area (Å²) >= 11 is 0. The summed E-state index contributed by atoms with van der Waals surface area (Å²) in [5, 5.41) is 5.61. The molecule has 2 N–H and O–H groups in total. The minimum absolute atomic E-state index is 0.0572.